The van der Waals surface area contributed by atoms with Gasteiger partial charge in [0.1, 0.15) is 6.04 Å². The summed E-state index contributed by atoms with van der Waals surface area (Å²) in [6, 6.07) is 12.6. The second-order valence-electron chi connectivity index (χ2n) is 7.13. The molecule has 0 aliphatic carbocycles. The molecule has 0 bridgehead atoms. The van der Waals surface area contributed by atoms with Gasteiger partial charge in [0.05, 0.1) is 6.04 Å². The fourth-order valence-corrected chi connectivity index (χ4v) is 3.37. The first-order chi connectivity index (χ1) is 12.9. The first kappa shape index (κ1) is 21.3. The molecule has 2 aromatic rings. The number of benzene rings is 2. The second-order valence-corrected chi connectivity index (χ2v) is 8.12. The average molecular weight is 388 g/mol. The average Bonchev–Trinajstić information content (AvgIpc) is 2.64. The Morgan fingerprint density at radius 1 is 1.07 bits per heavy atom. The van der Waals surface area contributed by atoms with E-state index < -0.39 is 12.1 Å². The van der Waals surface area contributed by atoms with Crippen molar-refractivity contribution in [3.63, 3.8) is 0 Å². The van der Waals surface area contributed by atoms with Crippen LogP contribution in [0.1, 0.15) is 26.7 Å². The number of carbonyl (C=O) groups excluding carboxylic acids is 2. The number of anilines is 1. The molecule has 146 valence electrons. The van der Waals surface area contributed by atoms with Gasteiger partial charge >= 0.3 is 0 Å². The Labute approximate surface area is 165 Å². The van der Waals surface area contributed by atoms with Crippen molar-refractivity contribution in [1.29, 1.82) is 0 Å². The summed E-state index contributed by atoms with van der Waals surface area (Å²) in [4.78, 5) is 25.1. The molecule has 5 nitrogen and oxygen atoms in total. The van der Waals surface area contributed by atoms with Crippen molar-refractivity contribution in [2.24, 2.45) is 11.7 Å². The SMILES string of the molecule is CSCC[C@H](NC(=O)[C@@H](N)CC(C)C)C(=O)Nc1ccc2ccccc2c1. The van der Waals surface area contributed by atoms with E-state index in [0.29, 0.717) is 24.4 Å². The number of nitrogens with one attached hydrogen (secondary N) is 2. The van der Waals surface area contributed by atoms with E-state index in [0.717, 1.165) is 16.5 Å². The van der Waals surface area contributed by atoms with E-state index in [9.17, 15) is 9.59 Å². The lowest BCUT2D eigenvalue weighted by molar-refractivity contribution is -0.127. The van der Waals surface area contributed by atoms with Gasteiger partial charge in [-0.25, -0.2) is 0 Å². The molecule has 0 spiro atoms. The summed E-state index contributed by atoms with van der Waals surface area (Å²) in [7, 11) is 0. The van der Waals surface area contributed by atoms with Gasteiger partial charge in [0.15, 0.2) is 0 Å². The van der Waals surface area contributed by atoms with Crippen LogP contribution in [0.3, 0.4) is 0 Å². The van der Waals surface area contributed by atoms with E-state index in [2.05, 4.69) is 10.6 Å². The number of carbonyl (C=O) groups is 2. The lowest BCUT2D eigenvalue weighted by Crippen LogP contribution is -2.50. The molecular formula is C21H29N3O2S. The molecule has 2 aromatic carbocycles. The number of rotatable bonds is 9. The maximum Gasteiger partial charge on any atom is 0.246 e. The van der Waals surface area contributed by atoms with Gasteiger partial charge in [0, 0.05) is 5.69 Å². The van der Waals surface area contributed by atoms with Crippen LogP contribution >= 0.6 is 11.8 Å². The number of hydrogen-bond donors (Lipinski definition) is 3. The van der Waals surface area contributed by atoms with Crippen molar-refractivity contribution >= 4 is 40.0 Å². The predicted molar refractivity (Wildman–Crippen MR) is 115 cm³/mol. The molecule has 0 aliphatic rings. The van der Waals surface area contributed by atoms with Crippen LogP contribution in [0.25, 0.3) is 10.8 Å². The summed E-state index contributed by atoms with van der Waals surface area (Å²) in [5.41, 5.74) is 6.68. The molecule has 2 amide bonds. The zero-order valence-corrected chi connectivity index (χ0v) is 17.0. The molecule has 27 heavy (non-hydrogen) atoms. The van der Waals surface area contributed by atoms with Crippen molar-refractivity contribution in [3.8, 4) is 0 Å². The van der Waals surface area contributed by atoms with Gasteiger partial charge in [-0.05, 0) is 53.7 Å². The first-order valence-corrected chi connectivity index (χ1v) is 10.6. The van der Waals surface area contributed by atoms with Crippen LogP contribution in [-0.2, 0) is 9.59 Å². The van der Waals surface area contributed by atoms with Crippen LogP contribution in [0.4, 0.5) is 5.69 Å². The Kier molecular flexibility index (Phi) is 8.13. The zero-order chi connectivity index (χ0) is 19.8. The molecule has 0 unspecified atom stereocenters. The fourth-order valence-electron chi connectivity index (χ4n) is 2.89. The Hall–Kier alpha value is -2.05. The maximum absolute atomic E-state index is 12.8. The van der Waals surface area contributed by atoms with Crippen LogP contribution in [0, 0.1) is 5.92 Å². The summed E-state index contributed by atoms with van der Waals surface area (Å²) in [5, 5.41) is 7.92. The number of thioether (sulfide) groups is 1. The van der Waals surface area contributed by atoms with Crippen LogP contribution in [0.2, 0.25) is 0 Å². The van der Waals surface area contributed by atoms with E-state index in [1.165, 1.54) is 0 Å². The first-order valence-electron chi connectivity index (χ1n) is 9.25. The van der Waals surface area contributed by atoms with Crippen molar-refractivity contribution in [3.05, 3.63) is 42.5 Å². The van der Waals surface area contributed by atoms with E-state index in [1.807, 2.05) is 62.6 Å². The highest BCUT2D eigenvalue weighted by atomic mass is 32.2. The van der Waals surface area contributed by atoms with E-state index in [1.54, 1.807) is 11.8 Å². The largest absolute Gasteiger partial charge is 0.343 e. The van der Waals surface area contributed by atoms with Gasteiger partial charge in [-0.1, -0.05) is 44.2 Å². The van der Waals surface area contributed by atoms with Gasteiger partial charge in [-0.2, -0.15) is 11.8 Å². The predicted octanol–water partition coefficient (Wildman–Crippen LogP) is 3.39. The highest BCUT2D eigenvalue weighted by Crippen LogP contribution is 2.19. The molecule has 0 saturated carbocycles. The molecular weight excluding hydrogens is 358 g/mol. The summed E-state index contributed by atoms with van der Waals surface area (Å²) in [6.45, 7) is 4.04. The van der Waals surface area contributed by atoms with Gasteiger partial charge in [-0.15, -0.1) is 0 Å². The number of fused-ring (bicyclic) bond motifs is 1. The number of hydrogen-bond acceptors (Lipinski definition) is 4. The Balaban J connectivity index is 2.07. The summed E-state index contributed by atoms with van der Waals surface area (Å²) in [6.07, 6.45) is 3.12. The Morgan fingerprint density at radius 2 is 1.78 bits per heavy atom. The van der Waals surface area contributed by atoms with Crippen LogP contribution in [0.15, 0.2) is 42.5 Å². The second kappa shape index (κ2) is 10.3. The minimum absolute atomic E-state index is 0.218. The lowest BCUT2D eigenvalue weighted by atomic mass is 10.0. The topological polar surface area (TPSA) is 84.2 Å². The van der Waals surface area contributed by atoms with Crippen molar-refractivity contribution in [2.45, 2.75) is 38.8 Å². The molecule has 4 N–H and O–H groups in total. The third-order valence-electron chi connectivity index (χ3n) is 4.32. The monoisotopic (exact) mass is 387 g/mol. The van der Waals surface area contributed by atoms with Gasteiger partial charge in [0.25, 0.3) is 0 Å². The van der Waals surface area contributed by atoms with Crippen molar-refractivity contribution < 1.29 is 9.59 Å². The normalized spacial score (nSPS) is 13.4. The standard InChI is InChI=1S/C21H29N3O2S/c1-14(2)12-18(22)20(25)24-19(10-11-27-3)21(26)23-17-9-8-15-6-4-5-7-16(15)13-17/h4-9,13-14,18-19H,10-12,22H2,1-3H3,(H,23,26)(H,24,25)/t18-,19-/m0/s1. The lowest BCUT2D eigenvalue weighted by Gasteiger charge is -2.21. The molecule has 0 saturated heterocycles. The summed E-state index contributed by atoms with van der Waals surface area (Å²) >= 11 is 1.64. The highest BCUT2D eigenvalue weighted by molar-refractivity contribution is 7.98. The fraction of sp³-hybridized carbons (Fsp3) is 0.429. The van der Waals surface area contributed by atoms with Crippen molar-refractivity contribution in [2.75, 3.05) is 17.3 Å². The van der Waals surface area contributed by atoms with E-state index in [-0.39, 0.29) is 11.8 Å². The Morgan fingerprint density at radius 3 is 2.44 bits per heavy atom. The van der Waals surface area contributed by atoms with Crippen LogP contribution in [0.5, 0.6) is 0 Å². The molecule has 0 radical (unpaired) electrons. The highest BCUT2D eigenvalue weighted by Gasteiger charge is 2.24. The third-order valence-corrected chi connectivity index (χ3v) is 4.97. The smallest absolute Gasteiger partial charge is 0.246 e. The molecule has 0 fully saturated rings. The number of amides is 2. The van der Waals surface area contributed by atoms with Crippen molar-refractivity contribution in [1.82, 2.24) is 5.32 Å². The molecule has 0 aliphatic heterocycles. The van der Waals surface area contributed by atoms with E-state index in [4.69, 9.17) is 5.73 Å². The number of nitrogens with two attached hydrogens (primary N) is 1. The molecule has 2 rings (SSSR count). The van der Waals surface area contributed by atoms with Gasteiger partial charge in [0.2, 0.25) is 11.8 Å². The summed E-state index contributed by atoms with van der Waals surface area (Å²) in [5.74, 6) is 0.602. The van der Waals surface area contributed by atoms with Crippen LogP contribution in [-0.4, -0.2) is 35.9 Å². The minimum Gasteiger partial charge on any atom is -0.343 e. The molecule has 2 atom stereocenters. The van der Waals surface area contributed by atoms with Gasteiger partial charge < -0.3 is 16.4 Å². The maximum atomic E-state index is 12.8. The molecule has 0 aromatic heterocycles. The van der Waals surface area contributed by atoms with E-state index >= 15 is 0 Å². The van der Waals surface area contributed by atoms with Crippen LogP contribution < -0.4 is 16.4 Å². The third kappa shape index (κ3) is 6.56. The molecule has 0 heterocycles. The minimum atomic E-state index is -0.602. The Bertz CT molecular complexity index is 779. The quantitative estimate of drug-likeness (QED) is 0.616. The summed E-state index contributed by atoms with van der Waals surface area (Å²) < 4.78 is 0. The van der Waals surface area contributed by atoms with Gasteiger partial charge in [-0.3, -0.25) is 9.59 Å². The molecule has 6 heteroatoms. The zero-order valence-electron chi connectivity index (χ0n) is 16.2.